The molecule has 0 unspecified atom stereocenters. The molecule has 0 radical (unpaired) electrons. The number of fused-ring (bicyclic) bond motifs is 5. The minimum atomic E-state index is -0.565. The van der Waals surface area contributed by atoms with Crippen molar-refractivity contribution in [3.63, 3.8) is 0 Å². The van der Waals surface area contributed by atoms with Crippen molar-refractivity contribution in [2.45, 2.75) is 19.9 Å². The first kappa shape index (κ1) is 23.3. The van der Waals surface area contributed by atoms with Crippen LogP contribution in [0.1, 0.15) is 24.2 Å². The highest BCUT2D eigenvalue weighted by Gasteiger charge is 2.30. The van der Waals surface area contributed by atoms with Crippen LogP contribution in [0.5, 0.6) is 0 Å². The molecular weight excluding hydrogens is 481 g/mol. The summed E-state index contributed by atoms with van der Waals surface area (Å²) in [5.74, 6) is -0.657. The Morgan fingerprint density at radius 1 is 1.08 bits per heavy atom. The molecule has 36 heavy (non-hydrogen) atoms. The van der Waals surface area contributed by atoms with E-state index in [1.165, 1.54) is 17.4 Å². The Bertz CT molecular complexity index is 1530. The Morgan fingerprint density at radius 3 is 2.53 bits per heavy atom. The Kier molecular flexibility index (Phi) is 5.89. The quantitative estimate of drug-likeness (QED) is 0.423. The molecule has 0 saturated carbocycles. The average molecular weight is 510 g/mol. The molecule has 0 bridgehead atoms. The van der Waals surface area contributed by atoms with E-state index in [9.17, 15) is 9.59 Å². The van der Waals surface area contributed by atoms with Gasteiger partial charge in [0.1, 0.15) is 10.4 Å². The van der Waals surface area contributed by atoms with Crippen LogP contribution >= 0.6 is 11.3 Å². The molecule has 10 heteroatoms. The monoisotopic (exact) mass is 509 g/mol. The topological polar surface area (TPSA) is 70.4 Å². The standard InChI is InChI=1S/C26H28FN5O3S/c1-16(2)29-7-9-31(10-8-29)25(34)21-22(33)17-15-18(27)24(30-11-13-35-14-12-30)28-23(17)32-19-5-3-4-6-20(19)36-26(21)32/h3-6,15-16H,7-14H2,1-2H3. The van der Waals surface area contributed by atoms with Crippen LogP contribution in [0.4, 0.5) is 10.2 Å². The van der Waals surface area contributed by atoms with Crippen LogP contribution in [0.15, 0.2) is 35.1 Å². The van der Waals surface area contributed by atoms with Gasteiger partial charge in [0.2, 0.25) is 5.43 Å². The summed E-state index contributed by atoms with van der Waals surface area (Å²) in [6.07, 6.45) is 0. The number of pyridine rings is 2. The lowest BCUT2D eigenvalue weighted by atomic mass is 10.1. The zero-order valence-corrected chi connectivity index (χ0v) is 21.2. The first-order valence-electron chi connectivity index (χ1n) is 12.4. The molecule has 5 heterocycles. The van der Waals surface area contributed by atoms with E-state index in [4.69, 9.17) is 4.74 Å². The van der Waals surface area contributed by atoms with E-state index in [-0.39, 0.29) is 22.7 Å². The van der Waals surface area contributed by atoms with Gasteiger partial charge in [0.05, 0.1) is 28.8 Å². The molecule has 1 amide bonds. The Hall–Kier alpha value is -3.08. The molecule has 2 saturated heterocycles. The second-order valence-electron chi connectivity index (χ2n) is 9.60. The van der Waals surface area contributed by atoms with Gasteiger partial charge in [-0.2, -0.15) is 0 Å². The molecule has 0 spiro atoms. The summed E-state index contributed by atoms with van der Waals surface area (Å²) in [5.41, 5.74) is 0.847. The summed E-state index contributed by atoms with van der Waals surface area (Å²) >= 11 is 1.40. The van der Waals surface area contributed by atoms with Gasteiger partial charge in [-0.1, -0.05) is 12.1 Å². The van der Waals surface area contributed by atoms with E-state index in [1.54, 1.807) is 4.90 Å². The van der Waals surface area contributed by atoms with Gasteiger partial charge in [-0.05, 0) is 32.0 Å². The number of hydrogen-bond donors (Lipinski definition) is 0. The number of ether oxygens (including phenoxy) is 1. The van der Waals surface area contributed by atoms with Crippen molar-refractivity contribution >= 4 is 49.1 Å². The van der Waals surface area contributed by atoms with E-state index in [1.807, 2.05) is 33.6 Å². The van der Waals surface area contributed by atoms with Crippen LogP contribution in [-0.4, -0.2) is 83.6 Å². The number of nitrogens with zero attached hydrogens (tertiary/aromatic N) is 5. The van der Waals surface area contributed by atoms with Crippen LogP contribution in [0.2, 0.25) is 0 Å². The maximum absolute atomic E-state index is 15.3. The molecule has 4 aromatic rings. The fraction of sp³-hybridized carbons (Fsp3) is 0.423. The third-order valence-electron chi connectivity index (χ3n) is 7.21. The molecule has 0 aliphatic carbocycles. The maximum Gasteiger partial charge on any atom is 0.260 e. The lowest BCUT2D eigenvalue weighted by Gasteiger charge is -2.36. The lowest BCUT2D eigenvalue weighted by molar-refractivity contribution is 0.0596. The zero-order valence-electron chi connectivity index (χ0n) is 20.4. The summed E-state index contributed by atoms with van der Waals surface area (Å²) in [6, 6.07) is 9.40. The first-order valence-corrected chi connectivity index (χ1v) is 13.2. The highest BCUT2D eigenvalue weighted by atomic mass is 32.1. The van der Waals surface area contributed by atoms with Crippen LogP contribution in [0.3, 0.4) is 0 Å². The van der Waals surface area contributed by atoms with Gasteiger partial charge in [0.25, 0.3) is 5.91 Å². The summed E-state index contributed by atoms with van der Waals surface area (Å²) in [6.45, 7) is 8.93. The molecular formula is C26H28FN5O3S. The molecule has 6 rings (SSSR count). The van der Waals surface area contributed by atoms with Crippen molar-refractivity contribution in [1.29, 1.82) is 0 Å². The first-order chi connectivity index (χ1) is 17.4. The number of carbonyl (C=O) groups is 1. The molecule has 188 valence electrons. The number of carbonyl (C=O) groups excluding carboxylic acids is 1. The van der Waals surface area contributed by atoms with Crippen LogP contribution < -0.4 is 10.3 Å². The minimum absolute atomic E-state index is 0.0991. The zero-order chi connectivity index (χ0) is 25.0. The third kappa shape index (κ3) is 3.75. The number of anilines is 1. The predicted octanol–water partition coefficient (Wildman–Crippen LogP) is 3.20. The Labute approximate surface area is 211 Å². The maximum atomic E-state index is 15.3. The SMILES string of the molecule is CC(C)N1CCN(C(=O)c2c(=O)c3cc(F)c(N4CCOCC4)nc3n3c2sc2ccccc23)CC1. The van der Waals surface area contributed by atoms with E-state index >= 15 is 4.39 Å². The number of piperazine rings is 1. The molecule has 3 aromatic heterocycles. The number of benzene rings is 1. The van der Waals surface area contributed by atoms with Gasteiger partial charge in [-0.25, -0.2) is 9.37 Å². The molecule has 1 aromatic carbocycles. The van der Waals surface area contributed by atoms with Gasteiger partial charge >= 0.3 is 0 Å². The highest BCUT2D eigenvalue weighted by molar-refractivity contribution is 7.24. The van der Waals surface area contributed by atoms with Gasteiger partial charge in [0, 0.05) is 45.3 Å². The molecule has 2 aliphatic heterocycles. The number of rotatable bonds is 3. The fourth-order valence-corrected chi connectivity index (χ4v) is 6.36. The predicted molar refractivity (Wildman–Crippen MR) is 140 cm³/mol. The van der Waals surface area contributed by atoms with E-state index in [0.29, 0.717) is 55.9 Å². The van der Waals surface area contributed by atoms with Crippen LogP contribution in [-0.2, 0) is 4.74 Å². The summed E-state index contributed by atoms with van der Waals surface area (Å²) in [4.78, 5) is 38.8. The minimum Gasteiger partial charge on any atom is -0.378 e. The van der Waals surface area contributed by atoms with E-state index < -0.39 is 11.2 Å². The molecule has 8 nitrogen and oxygen atoms in total. The van der Waals surface area contributed by atoms with Gasteiger partial charge in [0.15, 0.2) is 17.3 Å². The fourth-order valence-electron chi connectivity index (χ4n) is 5.18. The van der Waals surface area contributed by atoms with Crippen molar-refractivity contribution in [2.24, 2.45) is 0 Å². The van der Waals surface area contributed by atoms with Gasteiger partial charge < -0.3 is 14.5 Å². The highest BCUT2D eigenvalue weighted by Crippen LogP contribution is 2.32. The molecule has 2 fully saturated rings. The van der Waals surface area contributed by atoms with Crippen molar-refractivity contribution in [3.05, 3.63) is 51.9 Å². The normalized spacial score (nSPS) is 17.7. The number of morpholine rings is 1. The van der Waals surface area contributed by atoms with Gasteiger partial charge in [-0.15, -0.1) is 11.3 Å². The van der Waals surface area contributed by atoms with Crippen molar-refractivity contribution in [1.82, 2.24) is 19.2 Å². The summed E-state index contributed by atoms with van der Waals surface area (Å²) in [7, 11) is 0. The average Bonchev–Trinajstić information content (AvgIpc) is 3.28. The van der Waals surface area contributed by atoms with E-state index in [0.717, 1.165) is 23.3 Å². The van der Waals surface area contributed by atoms with E-state index in [2.05, 4.69) is 23.7 Å². The third-order valence-corrected chi connectivity index (χ3v) is 8.35. The van der Waals surface area contributed by atoms with Crippen molar-refractivity contribution in [3.8, 4) is 0 Å². The van der Waals surface area contributed by atoms with Crippen molar-refractivity contribution < 1.29 is 13.9 Å². The number of thiazole rings is 1. The molecule has 0 atom stereocenters. The van der Waals surface area contributed by atoms with Crippen LogP contribution in [0, 0.1) is 5.82 Å². The second kappa shape index (κ2) is 9.10. The number of aromatic nitrogens is 2. The lowest BCUT2D eigenvalue weighted by Crippen LogP contribution is -2.51. The van der Waals surface area contributed by atoms with Crippen molar-refractivity contribution in [2.75, 3.05) is 57.4 Å². The largest absolute Gasteiger partial charge is 0.378 e. The number of para-hydroxylation sites is 1. The molecule has 0 N–H and O–H groups in total. The second-order valence-corrected chi connectivity index (χ2v) is 10.6. The number of hydrogen-bond acceptors (Lipinski definition) is 7. The molecule has 2 aliphatic rings. The van der Waals surface area contributed by atoms with Crippen LogP contribution in [0.25, 0.3) is 26.1 Å². The summed E-state index contributed by atoms with van der Waals surface area (Å²) in [5, 5.41) is 0.120. The number of halogens is 1. The summed E-state index contributed by atoms with van der Waals surface area (Å²) < 4.78 is 23.5. The number of amides is 1. The van der Waals surface area contributed by atoms with Gasteiger partial charge in [-0.3, -0.25) is 18.9 Å². The Balaban J connectivity index is 1.56. The smallest absolute Gasteiger partial charge is 0.260 e. The Morgan fingerprint density at radius 2 is 1.81 bits per heavy atom.